The molecule has 6 aliphatic rings. The highest BCUT2D eigenvalue weighted by atomic mass is 16.7. The number of aliphatic hydroxyl groups excluding tert-OH is 7. The van der Waals surface area contributed by atoms with Crippen molar-refractivity contribution in [2.24, 2.45) is 40.4 Å². The molecule has 0 radical (unpaired) electrons. The Morgan fingerprint density at radius 2 is 1.63 bits per heavy atom. The molecule has 2 saturated heterocycles. The van der Waals surface area contributed by atoms with Crippen molar-refractivity contribution in [3.63, 3.8) is 0 Å². The van der Waals surface area contributed by atoms with Crippen molar-refractivity contribution in [2.45, 2.75) is 166 Å². The number of Topliss-reactive ketones (excluding diaryl/α,β-unsaturated/α-hetero) is 1. The molecular weight excluding hydrogens is 664 g/mol. The molecule has 292 valence electrons. The summed E-state index contributed by atoms with van der Waals surface area (Å²) in [5.74, 6) is 0.00525. The Morgan fingerprint density at radius 1 is 0.922 bits per heavy atom. The van der Waals surface area contributed by atoms with Crippen LogP contribution in [-0.4, -0.2) is 133 Å². The Morgan fingerprint density at radius 3 is 2.31 bits per heavy atom. The van der Waals surface area contributed by atoms with Crippen molar-refractivity contribution in [3.8, 4) is 0 Å². The number of ether oxygens (including phenoxy) is 4. The normalized spacial score (nSPS) is 50.6. The number of hydrogen-bond donors (Lipinski definition) is 8. The number of carbonyl (C=O) groups excluding carboxylic acids is 1. The smallest absolute Gasteiger partial charge is 0.186 e. The van der Waals surface area contributed by atoms with Crippen molar-refractivity contribution in [1.29, 1.82) is 0 Å². The third-order valence-corrected chi connectivity index (χ3v) is 14.4. The molecule has 18 unspecified atom stereocenters. The molecule has 2 aliphatic heterocycles. The van der Waals surface area contributed by atoms with Crippen molar-refractivity contribution in [2.75, 3.05) is 13.2 Å². The number of carbonyl (C=O) groups is 1. The minimum Gasteiger partial charge on any atom is -0.394 e. The first-order valence-electron chi connectivity index (χ1n) is 19.2. The van der Waals surface area contributed by atoms with E-state index in [1.165, 1.54) is 5.57 Å². The summed E-state index contributed by atoms with van der Waals surface area (Å²) >= 11 is 0. The van der Waals surface area contributed by atoms with Crippen molar-refractivity contribution in [3.05, 3.63) is 11.6 Å². The minimum atomic E-state index is -1.57. The predicted molar refractivity (Wildman–Crippen MR) is 182 cm³/mol. The van der Waals surface area contributed by atoms with Gasteiger partial charge in [-0.05, 0) is 80.5 Å². The van der Waals surface area contributed by atoms with Gasteiger partial charge in [0.05, 0.1) is 25.4 Å². The summed E-state index contributed by atoms with van der Waals surface area (Å²) in [5.41, 5.74) is -1.15. The molecule has 0 aromatic heterocycles. The van der Waals surface area contributed by atoms with Crippen LogP contribution in [0.25, 0.3) is 0 Å². The molecule has 18 atom stereocenters. The fourth-order valence-corrected chi connectivity index (χ4v) is 11.0. The molecule has 13 heteroatoms. The van der Waals surface area contributed by atoms with Gasteiger partial charge in [0.25, 0.3) is 0 Å². The molecule has 0 aromatic carbocycles. The van der Waals surface area contributed by atoms with Gasteiger partial charge in [-0.1, -0.05) is 46.3 Å². The SMILES string of the molecule is CC(C)CCC(=O)C(C)C1(O)C(OC2OCC(O)C(O)C2O)CC2C3CC=C4CC(OC5OC(CO)C(O)C(O)C5O)CCC4(C)C3CCC21C. The third kappa shape index (κ3) is 6.69. The average molecular weight is 727 g/mol. The van der Waals surface area contributed by atoms with E-state index in [0.29, 0.717) is 44.4 Å². The standard InChI is InChI=1S/C38H62O13/c1-18(2)6-9-25(40)19(3)38(47)28(51-34-32(45)29(42)26(41)17-48-34)15-24-22-8-7-20-14-21(10-12-36(20,4)23(22)11-13-37(24,38)5)49-35-33(46)31(44)30(43)27(16-39)50-35/h7,18-19,21-24,26-35,39,41-47H,6,8-17H2,1-5H3. The van der Waals surface area contributed by atoms with Crippen LogP contribution in [0.2, 0.25) is 0 Å². The first kappa shape index (κ1) is 39.6. The van der Waals surface area contributed by atoms with E-state index < -0.39 is 85.0 Å². The van der Waals surface area contributed by atoms with Gasteiger partial charge in [-0.2, -0.15) is 0 Å². The lowest BCUT2D eigenvalue weighted by Crippen LogP contribution is -2.62. The van der Waals surface area contributed by atoms with Crippen LogP contribution in [0.5, 0.6) is 0 Å². The maximum absolute atomic E-state index is 13.8. The Balaban J connectivity index is 1.24. The summed E-state index contributed by atoms with van der Waals surface area (Å²) in [6.45, 7) is 9.57. The molecule has 13 nitrogen and oxygen atoms in total. The highest BCUT2D eigenvalue weighted by Gasteiger charge is 2.70. The van der Waals surface area contributed by atoms with Crippen LogP contribution in [0.1, 0.15) is 92.4 Å². The van der Waals surface area contributed by atoms with Crippen molar-refractivity contribution in [1.82, 2.24) is 0 Å². The van der Waals surface area contributed by atoms with Gasteiger partial charge in [0.2, 0.25) is 0 Å². The number of fused-ring (bicyclic) bond motifs is 5. The molecule has 0 amide bonds. The molecule has 5 fully saturated rings. The molecule has 6 rings (SSSR count). The van der Waals surface area contributed by atoms with E-state index in [1.807, 2.05) is 0 Å². The van der Waals surface area contributed by atoms with Gasteiger partial charge in [0, 0.05) is 17.8 Å². The van der Waals surface area contributed by atoms with E-state index in [9.17, 15) is 45.6 Å². The number of rotatable bonds is 10. The van der Waals surface area contributed by atoms with Crippen LogP contribution in [0.3, 0.4) is 0 Å². The Labute approximate surface area is 300 Å². The van der Waals surface area contributed by atoms with E-state index in [2.05, 4.69) is 33.8 Å². The lowest BCUT2D eigenvalue weighted by Gasteiger charge is -2.59. The van der Waals surface area contributed by atoms with E-state index in [1.54, 1.807) is 6.92 Å². The summed E-state index contributed by atoms with van der Waals surface area (Å²) in [7, 11) is 0. The van der Waals surface area contributed by atoms with Crippen LogP contribution in [0.4, 0.5) is 0 Å². The molecule has 4 aliphatic carbocycles. The second kappa shape index (κ2) is 14.9. The number of aliphatic hydroxyl groups is 8. The summed E-state index contributed by atoms with van der Waals surface area (Å²) in [4.78, 5) is 13.8. The zero-order chi connectivity index (χ0) is 37.2. The molecule has 51 heavy (non-hydrogen) atoms. The van der Waals surface area contributed by atoms with Crippen LogP contribution in [0, 0.1) is 40.4 Å². The first-order valence-corrected chi connectivity index (χ1v) is 19.2. The number of allylic oxidation sites excluding steroid dienone is 1. The Hall–Kier alpha value is -1.07. The molecule has 0 aromatic rings. The van der Waals surface area contributed by atoms with Crippen LogP contribution >= 0.6 is 0 Å². The van der Waals surface area contributed by atoms with Gasteiger partial charge in [-0.25, -0.2) is 0 Å². The molecule has 0 spiro atoms. The Bertz CT molecular complexity index is 1280. The van der Waals surface area contributed by atoms with Gasteiger partial charge in [0.15, 0.2) is 12.6 Å². The largest absolute Gasteiger partial charge is 0.394 e. The summed E-state index contributed by atoms with van der Waals surface area (Å²) < 4.78 is 23.9. The molecular formula is C38H62O13. The van der Waals surface area contributed by atoms with E-state index in [0.717, 1.165) is 19.3 Å². The Kier molecular flexibility index (Phi) is 11.6. The van der Waals surface area contributed by atoms with Crippen LogP contribution in [-0.2, 0) is 23.7 Å². The van der Waals surface area contributed by atoms with Crippen molar-refractivity contribution >= 4 is 5.78 Å². The zero-order valence-electron chi connectivity index (χ0n) is 30.7. The molecule has 3 saturated carbocycles. The average Bonchev–Trinajstić information content (AvgIpc) is 3.33. The highest BCUT2D eigenvalue weighted by Crippen LogP contribution is 2.69. The first-order chi connectivity index (χ1) is 24.0. The van der Waals surface area contributed by atoms with Gasteiger partial charge in [-0.3, -0.25) is 4.79 Å². The second-order valence-electron chi connectivity index (χ2n) is 17.5. The van der Waals surface area contributed by atoms with Crippen LogP contribution in [0.15, 0.2) is 11.6 Å². The topological polar surface area (TPSA) is 216 Å². The predicted octanol–water partition coefficient (Wildman–Crippen LogP) is 0.941. The maximum Gasteiger partial charge on any atom is 0.186 e. The van der Waals surface area contributed by atoms with Gasteiger partial charge < -0.3 is 59.8 Å². The molecule has 8 N–H and O–H groups in total. The fraction of sp³-hybridized carbons (Fsp3) is 0.921. The maximum atomic E-state index is 13.8. The van der Waals surface area contributed by atoms with Crippen LogP contribution < -0.4 is 0 Å². The quantitative estimate of drug-likeness (QED) is 0.147. The monoisotopic (exact) mass is 726 g/mol. The number of ketones is 1. The summed E-state index contributed by atoms with van der Waals surface area (Å²) in [6, 6.07) is 0. The van der Waals surface area contributed by atoms with Gasteiger partial charge >= 0.3 is 0 Å². The number of hydrogen-bond acceptors (Lipinski definition) is 13. The summed E-state index contributed by atoms with van der Waals surface area (Å²) in [5, 5.41) is 85.0. The van der Waals surface area contributed by atoms with E-state index in [4.69, 9.17) is 18.9 Å². The molecule has 2 heterocycles. The van der Waals surface area contributed by atoms with E-state index >= 15 is 0 Å². The van der Waals surface area contributed by atoms with Gasteiger partial charge in [-0.15, -0.1) is 0 Å². The summed E-state index contributed by atoms with van der Waals surface area (Å²) in [6.07, 6.45) is -5.17. The highest BCUT2D eigenvalue weighted by molar-refractivity contribution is 5.82. The van der Waals surface area contributed by atoms with Crippen molar-refractivity contribution < 1.29 is 64.6 Å². The second-order valence-corrected chi connectivity index (χ2v) is 17.5. The van der Waals surface area contributed by atoms with Gasteiger partial charge in [0.1, 0.15) is 54.1 Å². The lowest BCUT2D eigenvalue weighted by atomic mass is 9.46. The third-order valence-electron chi connectivity index (χ3n) is 14.4. The zero-order valence-corrected chi connectivity index (χ0v) is 30.7. The fourth-order valence-electron chi connectivity index (χ4n) is 11.0. The molecule has 0 bridgehead atoms. The van der Waals surface area contributed by atoms with E-state index in [-0.39, 0.29) is 41.7 Å². The lowest BCUT2D eigenvalue weighted by molar-refractivity contribution is -0.313. The minimum absolute atomic E-state index is 0.0134.